The van der Waals surface area contributed by atoms with Crippen LogP contribution in [0, 0.1) is 0 Å². The van der Waals surface area contributed by atoms with Crippen LogP contribution in [0.4, 0.5) is 0 Å². The summed E-state index contributed by atoms with van der Waals surface area (Å²) in [6, 6.07) is 9.99. The van der Waals surface area contributed by atoms with Gasteiger partial charge in [-0.3, -0.25) is 4.99 Å². The highest BCUT2D eigenvalue weighted by Crippen LogP contribution is 2.22. The molecule has 1 heterocycles. The van der Waals surface area contributed by atoms with Crippen LogP contribution in [0.15, 0.2) is 39.8 Å². The first-order valence-corrected chi connectivity index (χ1v) is 9.80. The summed E-state index contributed by atoms with van der Waals surface area (Å²) in [5.74, 6) is 2.78. The fraction of sp³-hybridized carbons (Fsp3) is 0.524. The van der Waals surface area contributed by atoms with Gasteiger partial charge in [0.25, 0.3) is 0 Å². The van der Waals surface area contributed by atoms with Crippen molar-refractivity contribution in [2.45, 2.75) is 45.7 Å². The van der Waals surface area contributed by atoms with E-state index in [1.165, 1.54) is 0 Å². The molecule has 0 aliphatic heterocycles. The first-order valence-electron chi connectivity index (χ1n) is 9.80. The molecule has 2 rings (SSSR count). The van der Waals surface area contributed by atoms with Gasteiger partial charge in [0.05, 0.1) is 18.8 Å². The summed E-state index contributed by atoms with van der Waals surface area (Å²) >= 11 is 0. The first-order chi connectivity index (χ1) is 13.7. The van der Waals surface area contributed by atoms with Gasteiger partial charge >= 0.3 is 0 Å². The van der Waals surface area contributed by atoms with Gasteiger partial charge < -0.3 is 24.6 Å². The summed E-state index contributed by atoms with van der Waals surface area (Å²) in [6.45, 7) is 6.62. The van der Waals surface area contributed by atoms with Gasteiger partial charge in [-0.2, -0.15) is 0 Å². The standard InChI is InChI=1S/C21H32N4O3/c1-5-17(6-2)20-13-19(28-25-20)15-24-21(22-3)23-14-16-8-7-9-18(12-16)27-11-10-26-4/h7-9,12-13,17H,5-6,10-11,14-15H2,1-4H3,(H2,22,23,24). The molecule has 0 spiro atoms. The molecule has 0 saturated carbocycles. The predicted molar refractivity (Wildman–Crippen MR) is 111 cm³/mol. The zero-order valence-corrected chi connectivity index (χ0v) is 17.3. The molecule has 0 saturated heterocycles. The van der Waals surface area contributed by atoms with Crippen molar-refractivity contribution in [2.24, 2.45) is 4.99 Å². The van der Waals surface area contributed by atoms with Gasteiger partial charge in [0, 0.05) is 32.7 Å². The van der Waals surface area contributed by atoms with E-state index in [-0.39, 0.29) is 0 Å². The van der Waals surface area contributed by atoms with Crippen LogP contribution in [0.2, 0.25) is 0 Å². The van der Waals surface area contributed by atoms with E-state index in [1.54, 1.807) is 14.2 Å². The molecule has 1 aromatic carbocycles. The number of benzene rings is 1. The lowest BCUT2D eigenvalue weighted by Crippen LogP contribution is -2.36. The monoisotopic (exact) mass is 388 g/mol. The number of methoxy groups -OCH3 is 1. The summed E-state index contributed by atoms with van der Waals surface area (Å²) < 4.78 is 16.1. The molecule has 0 atom stereocenters. The Morgan fingerprint density at radius 3 is 2.64 bits per heavy atom. The lowest BCUT2D eigenvalue weighted by molar-refractivity contribution is 0.146. The summed E-state index contributed by atoms with van der Waals surface area (Å²) in [5, 5.41) is 10.8. The number of hydrogen-bond acceptors (Lipinski definition) is 5. The second-order valence-corrected chi connectivity index (χ2v) is 6.50. The summed E-state index contributed by atoms with van der Waals surface area (Å²) in [4.78, 5) is 4.26. The smallest absolute Gasteiger partial charge is 0.191 e. The van der Waals surface area contributed by atoms with E-state index in [0.717, 1.165) is 35.6 Å². The Hall–Kier alpha value is -2.54. The number of hydrogen-bond donors (Lipinski definition) is 2. The second-order valence-electron chi connectivity index (χ2n) is 6.50. The molecule has 0 aliphatic rings. The largest absolute Gasteiger partial charge is 0.491 e. The molecule has 7 nitrogen and oxygen atoms in total. The van der Waals surface area contributed by atoms with E-state index in [2.05, 4.69) is 34.6 Å². The molecule has 28 heavy (non-hydrogen) atoms. The van der Waals surface area contributed by atoms with Crippen LogP contribution in [-0.2, 0) is 17.8 Å². The molecule has 0 radical (unpaired) electrons. The Balaban J connectivity index is 1.82. The minimum absolute atomic E-state index is 0.452. The maximum atomic E-state index is 5.65. The first kappa shape index (κ1) is 21.8. The SMILES string of the molecule is CCC(CC)c1cc(CNC(=NC)NCc2cccc(OCCOC)c2)on1. The van der Waals surface area contributed by atoms with Crippen molar-refractivity contribution < 1.29 is 14.0 Å². The molecule has 7 heteroatoms. The number of guanidine groups is 1. The van der Waals surface area contributed by atoms with Crippen molar-refractivity contribution in [3.8, 4) is 5.75 Å². The van der Waals surface area contributed by atoms with Crippen LogP contribution in [0.1, 0.15) is 49.6 Å². The van der Waals surface area contributed by atoms with Gasteiger partial charge in [-0.05, 0) is 30.5 Å². The number of aromatic nitrogens is 1. The van der Waals surface area contributed by atoms with Crippen LogP contribution in [0.3, 0.4) is 0 Å². The van der Waals surface area contributed by atoms with Crippen LogP contribution in [0.5, 0.6) is 5.75 Å². The quantitative estimate of drug-likeness (QED) is 0.349. The number of nitrogens with one attached hydrogen (secondary N) is 2. The highest BCUT2D eigenvalue weighted by Gasteiger charge is 2.13. The highest BCUT2D eigenvalue weighted by molar-refractivity contribution is 5.79. The minimum atomic E-state index is 0.452. The lowest BCUT2D eigenvalue weighted by Gasteiger charge is -2.12. The van der Waals surface area contributed by atoms with Crippen molar-refractivity contribution in [3.05, 3.63) is 47.3 Å². The summed E-state index contributed by atoms with van der Waals surface area (Å²) in [7, 11) is 3.41. The number of nitrogens with zero attached hydrogens (tertiary/aromatic N) is 2. The van der Waals surface area contributed by atoms with E-state index >= 15 is 0 Å². The molecule has 0 amide bonds. The molecular weight excluding hydrogens is 356 g/mol. The highest BCUT2D eigenvalue weighted by atomic mass is 16.5. The molecule has 1 aromatic heterocycles. The third-order valence-corrected chi connectivity index (χ3v) is 4.55. The Bertz CT molecular complexity index is 726. The Morgan fingerprint density at radius 2 is 1.93 bits per heavy atom. The molecule has 0 bridgehead atoms. The zero-order valence-electron chi connectivity index (χ0n) is 17.3. The van der Waals surface area contributed by atoms with Crippen molar-refractivity contribution in [3.63, 3.8) is 0 Å². The third-order valence-electron chi connectivity index (χ3n) is 4.55. The van der Waals surface area contributed by atoms with Crippen molar-refractivity contribution >= 4 is 5.96 Å². The average molecular weight is 389 g/mol. The topological polar surface area (TPSA) is 80.9 Å². The van der Waals surface area contributed by atoms with Crippen LogP contribution in [0.25, 0.3) is 0 Å². The van der Waals surface area contributed by atoms with Crippen LogP contribution >= 0.6 is 0 Å². The van der Waals surface area contributed by atoms with Crippen molar-refractivity contribution in [2.75, 3.05) is 27.4 Å². The van der Waals surface area contributed by atoms with E-state index in [0.29, 0.717) is 38.2 Å². The van der Waals surface area contributed by atoms with E-state index in [4.69, 9.17) is 14.0 Å². The van der Waals surface area contributed by atoms with Crippen molar-refractivity contribution in [1.82, 2.24) is 15.8 Å². The predicted octanol–water partition coefficient (Wildman–Crippen LogP) is 3.47. The zero-order chi connectivity index (χ0) is 20.2. The number of aliphatic imine (C=N–C) groups is 1. The maximum Gasteiger partial charge on any atom is 0.191 e. The van der Waals surface area contributed by atoms with Gasteiger partial charge in [-0.15, -0.1) is 0 Å². The number of rotatable bonds is 11. The molecule has 2 N–H and O–H groups in total. The molecule has 0 aliphatic carbocycles. The summed E-state index contributed by atoms with van der Waals surface area (Å²) in [6.07, 6.45) is 2.13. The van der Waals surface area contributed by atoms with E-state index in [1.807, 2.05) is 30.3 Å². The van der Waals surface area contributed by atoms with Gasteiger partial charge in [0.1, 0.15) is 12.4 Å². The molecule has 2 aromatic rings. The van der Waals surface area contributed by atoms with Gasteiger partial charge in [-0.1, -0.05) is 31.1 Å². The fourth-order valence-corrected chi connectivity index (χ4v) is 2.88. The maximum absolute atomic E-state index is 5.65. The molecule has 0 fully saturated rings. The third kappa shape index (κ3) is 6.88. The lowest BCUT2D eigenvalue weighted by atomic mass is 9.99. The van der Waals surface area contributed by atoms with Crippen LogP contribution in [-0.4, -0.2) is 38.5 Å². The van der Waals surface area contributed by atoms with Gasteiger partial charge in [0.2, 0.25) is 0 Å². The average Bonchev–Trinajstić information content (AvgIpc) is 3.18. The van der Waals surface area contributed by atoms with E-state index < -0.39 is 0 Å². The minimum Gasteiger partial charge on any atom is -0.491 e. The second kappa shape index (κ2) is 12.0. The normalized spacial score (nSPS) is 11.7. The molecule has 154 valence electrons. The Kier molecular flexibility index (Phi) is 9.34. The summed E-state index contributed by atoms with van der Waals surface area (Å²) in [5.41, 5.74) is 2.13. The Labute approximate surface area is 167 Å². The molecule has 0 unspecified atom stereocenters. The Morgan fingerprint density at radius 1 is 1.14 bits per heavy atom. The van der Waals surface area contributed by atoms with E-state index in [9.17, 15) is 0 Å². The molecular formula is C21H32N4O3. The number of ether oxygens (including phenoxy) is 2. The fourth-order valence-electron chi connectivity index (χ4n) is 2.88. The van der Waals surface area contributed by atoms with Gasteiger partial charge in [0.15, 0.2) is 11.7 Å². The van der Waals surface area contributed by atoms with Gasteiger partial charge in [-0.25, -0.2) is 0 Å². The van der Waals surface area contributed by atoms with Crippen LogP contribution < -0.4 is 15.4 Å². The van der Waals surface area contributed by atoms with Crippen molar-refractivity contribution in [1.29, 1.82) is 0 Å².